The van der Waals surface area contributed by atoms with E-state index in [1.807, 2.05) is 23.8 Å². The van der Waals surface area contributed by atoms with Crippen molar-refractivity contribution in [2.24, 2.45) is 0 Å². The number of anilines is 1. The molecule has 4 atom stereocenters. The van der Waals surface area contributed by atoms with E-state index >= 15 is 0 Å². The Kier molecular flexibility index (Phi) is 9.83. The van der Waals surface area contributed by atoms with Crippen LogP contribution in [0.3, 0.4) is 0 Å². The summed E-state index contributed by atoms with van der Waals surface area (Å²) in [5, 5.41) is 11.5. The molecule has 0 saturated carbocycles. The fourth-order valence-electron chi connectivity index (χ4n) is 7.66. The van der Waals surface area contributed by atoms with Gasteiger partial charge >= 0.3 is 6.01 Å². The molecule has 3 aliphatic rings. The van der Waals surface area contributed by atoms with Gasteiger partial charge in [0.25, 0.3) is 5.88 Å². The van der Waals surface area contributed by atoms with Crippen molar-refractivity contribution in [3.8, 4) is 35.7 Å². The third-order valence-electron chi connectivity index (χ3n) is 10.3. The normalized spacial score (nSPS) is 22.5. The Morgan fingerprint density at radius 3 is 2.77 bits per heavy atom. The number of phenolic OH excluding ortho intramolecular Hbond substituents is 1. The highest BCUT2D eigenvalue weighted by molar-refractivity contribution is 5.93. The molecule has 0 bridgehead atoms. The zero-order chi connectivity index (χ0) is 37.4. The molecule has 2 fully saturated rings. The van der Waals surface area contributed by atoms with Gasteiger partial charge in [0.05, 0.1) is 11.1 Å². The number of aromatic nitrogens is 2. The molecule has 276 valence electrons. The summed E-state index contributed by atoms with van der Waals surface area (Å²) in [5.74, 6) is 1.88. The van der Waals surface area contributed by atoms with Crippen molar-refractivity contribution in [3.63, 3.8) is 0 Å². The average molecular weight is 728 g/mol. The van der Waals surface area contributed by atoms with Gasteiger partial charge in [-0.15, -0.1) is 6.42 Å². The summed E-state index contributed by atoms with van der Waals surface area (Å²) in [7, 11) is 1.82. The smallest absolute Gasteiger partial charge is 0.322 e. The van der Waals surface area contributed by atoms with Crippen molar-refractivity contribution in [2.45, 2.75) is 56.6 Å². The number of fused-ring (bicyclic) bond motifs is 2. The third kappa shape index (κ3) is 7.15. The number of terminal acetylenes is 1. The SMILES string of the molecule is C#Cc1c(F)ccc2cc(O)cc(C3COc4c(nc(OC[C@]5(C)C[C@@H](F)CN5Cc5ccc(F)cc5)nc4N(C)C[C@@H]4CCCN4C(=O)C=C)O3)c12. The fraction of sp³-hybridized carbons (Fsp3) is 0.375. The van der Waals surface area contributed by atoms with Gasteiger partial charge in [-0.25, -0.2) is 13.2 Å². The van der Waals surface area contributed by atoms with Crippen LogP contribution in [0.15, 0.2) is 61.2 Å². The second-order valence-corrected chi connectivity index (χ2v) is 14.1. The van der Waals surface area contributed by atoms with Crippen LogP contribution in [0.25, 0.3) is 10.8 Å². The summed E-state index contributed by atoms with van der Waals surface area (Å²) < 4.78 is 62.5. The van der Waals surface area contributed by atoms with Gasteiger partial charge in [-0.3, -0.25) is 9.69 Å². The van der Waals surface area contributed by atoms with Gasteiger partial charge < -0.3 is 29.1 Å². The number of nitrogens with zero attached hydrogens (tertiary/aromatic N) is 5. The molecule has 4 aromatic rings. The highest BCUT2D eigenvalue weighted by Gasteiger charge is 2.43. The van der Waals surface area contributed by atoms with E-state index in [1.165, 1.54) is 42.5 Å². The number of hydrogen-bond donors (Lipinski definition) is 1. The number of halogens is 3. The van der Waals surface area contributed by atoms with E-state index in [1.54, 1.807) is 17.0 Å². The number of carbonyl (C=O) groups excluding carboxylic acids is 1. The second kappa shape index (κ2) is 14.5. The summed E-state index contributed by atoms with van der Waals surface area (Å²) in [6, 6.07) is 11.7. The topological polar surface area (TPSA) is 100 Å². The Morgan fingerprint density at radius 1 is 1.23 bits per heavy atom. The predicted molar refractivity (Wildman–Crippen MR) is 193 cm³/mol. The summed E-state index contributed by atoms with van der Waals surface area (Å²) in [6.07, 6.45) is 6.89. The first-order chi connectivity index (χ1) is 25.5. The van der Waals surface area contributed by atoms with Crippen LogP contribution in [0, 0.1) is 24.0 Å². The molecule has 1 amide bonds. The molecule has 0 aliphatic carbocycles. The minimum Gasteiger partial charge on any atom is -0.508 e. The van der Waals surface area contributed by atoms with Gasteiger partial charge in [0.2, 0.25) is 11.7 Å². The molecule has 1 aromatic heterocycles. The fourth-order valence-corrected chi connectivity index (χ4v) is 7.66. The highest BCUT2D eigenvalue weighted by Crippen LogP contribution is 2.45. The molecule has 4 heterocycles. The molecule has 0 spiro atoms. The first-order valence-corrected chi connectivity index (χ1v) is 17.5. The number of amides is 1. The number of likely N-dealkylation sites (N-methyl/N-ethyl adjacent to an activating group) is 1. The van der Waals surface area contributed by atoms with Crippen molar-refractivity contribution in [1.82, 2.24) is 19.8 Å². The van der Waals surface area contributed by atoms with E-state index in [-0.39, 0.29) is 72.9 Å². The third-order valence-corrected chi connectivity index (χ3v) is 10.3. The minimum atomic E-state index is -1.10. The Morgan fingerprint density at radius 2 is 2.02 bits per heavy atom. The van der Waals surface area contributed by atoms with Crippen LogP contribution in [-0.2, 0) is 11.3 Å². The number of rotatable bonds is 10. The number of ether oxygens (including phenoxy) is 3. The zero-order valence-electron chi connectivity index (χ0n) is 29.5. The minimum absolute atomic E-state index is 0.0209. The quantitative estimate of drug-likeness (QED) is 0.154. The molecule has 0 radical (unpaired) electrons. The number of carbonyl (C=O) groups is 1. The maximum absolute atomic E-state index is 15.0. The molecular formula is C40H40F3N5O5. The van der Waals surface area contributed by atoms with E-state index < -0.39 is 23.6 Å². The monoisotopic (exact) mass is 727 g/mol. The van der Waals surface area contributed by atoms with Crippen LogP contribution in [-0.4, -0.2) is 88.4 Å². The number of aromatic hydroxyl groups is 1. The van der Waals surface area contributed by atoms with Gasteiger partial charge in [0, 0.05) is 56.6 Å². The molecule has 3 aliphatic heterocycles. The number of likely N-dealkylation sites (tertiary alicyclic amines) is 2. The van der Waals surface area contributed by atoms with Crippen molar-refractivity contribution in [3.05, 3.63) is 89.5 Å². The van der Waals surface area contributed by atoms with Crippen molar-refractivity contribution < 1.29 is 37.3 Å². The average Bonchev–Trinajstić information content (AvgIpc) is 3.72. The summed E-state index contributed by atoms with van der Waals surface area (Å²) in [6.45, 7) is 7.10. The Labute approximate surface area is 305 Å². The van der Waals surface area contributed by atoms with Gasteiger partial charge in [-0.2, -0.15) is 9.97 Å². The standard InChI is InChI=1S/C40H40F3N5O5/c1-5-30-32(43)14-11-25-16-29(49)17-31(35(25)30)33-22-51-36-37(46(4)21-28-8-7-15-48(28)34(50)6-2)44-39(45-38(36)53-33)52-23-40(3)18-27(42)20-47(40)19-24-9-12-26(41)13-10-24/h1,6,9-14,16-17,27-28,33,49H,2,7-8,15,18-23H2,3-4H3/t27-,28+,33?,40+/m1/s1. The maximum atomic E-state index is 15.0. The Hall–Kier alpha value is -5.48. The van der Waals surface area contributed by atoms with Gasteiger partial charge in [0.1, 0.15) is 36.8 Å². The molecule has 7 rings (SSSR count). The largest absolute Gasteiger partial charge is 0.508 e. The lowest BCUT2D eigenvalue weighted by Crippen LogP contribution is -2.45. The van der Waals surface area contributed by atoms with Crippen LogP contribution in [0.4, 0.5) is 19.0 Å². The van der Waals surface area contributed by atoms with Crippen molar-refractivity contribution in [2.75, 3.05) is 44.8 Å². The van der Waals surface area contributed by atoms with Gasteiger partial charge in [-0.1, -0.05) is 30.7 Å². The van der Waals surface area contributed by atoms with Crippen molar-refractivity contribution >= 4 is 22.5 Å². The second-order valence-electron chi connectivity index (χ2n) is 14.1. The molecule has 3 aromatic carbocycles. The van der Waals surface area contributed by atoms with E-state index in [0.717, 1.165) is 18.4 Å². The van der Waals surface area contributed by atoms with Gasteiger partial charge in [0.15, 0.2) is 11.9 Å². The molecule has 53 heavy (non-hydrogen) atoms. The maximum Gasteiger partial charge on any atom is 0.322 e. The summed E-state index contributed by atoms with van der Waals surface area (Å²) in [4.78, 5) is 27.5. The van der Waals surface area contributed by atoms with E-state index in [0.29, 0.717) is 41.8 Å². The van der Waals surface area contributed by atoms with Gasteiger partial charge in [-0.05, 0) is 67.1 Å². The number of hydrogen-bond acceptors (Lipinski definition) is 9. The molecule has 10 nitrogen and oxygen atoms in total. The van der Waals surface area contributed by atoms with Crippen LogP contribution in [0.1, 0.15) is 49.0 Å². The lowest BCUT2D eigenvalue weighted by Gasteiger charge is -2.35. The van der Waals surface area contributed by atoms with E-state index in [2.05, 4.69) is 17.5 Å². The lowest BCUT2D eigenvalue weighted by atomic mass is 9.95. The van der Waals surface area contributed by atoms with Crippen LogP contribution in [0.5, 0.6) is 23.4 Å². The first kappa shape index (κ1) is 35.9. The Bertz CT molecular complexity index is 2090. The highest BCUT2D eigenvalue weighted by atomic mass is 19.1. The number of alkyl halides is 1. The molecular weight excluding hydrogens is 687 g/mol. The summed E-state index contributed by atoms with van der Waals surface area (Å²) in [5.41, 5.74) is 0.503. The molecule has 1 N–H and O–H groups in total. The first-order valence-electron chi connectivity index (χ1n) is 17.5. The number of benzene rings is 3. The van der Waals surface area contributed by atoms with E-state index in [9.17, 15) is 23.1 Å². The molecule has 2 saturated heterocycles. The zero-order valence-corrected chi connectivity index (χ0v) is 29.5. The molecule has 1 unspecified atom stereocenters. The van der Waals surface area contributed by atoms with Crippen LogP contribution < -0.4 is 19.1 Å². The molecule has 13 heteroatoms. The van der Waals surface area contributed by atoms with E-state index in [4.69, 9.17) is 25.6 Å². The lowest BCUT2D eigenvalue weighted by molar-refractivity contribution is -0.126. The number of phenols is 1. The van der Waals surface area contributed by atoms with Crippen LogP contribution in [0.2, 0.25) is 0 Å². The predicted octanol–water partition coefficient (Wildman–Crippen LogP) is 6.10. The van der Waals surface area contributed by atoms with Crippen molar-refractivity contribution in [1.29, 1.82) is 0 Å². The summed E-state index contributed by atoms with van der Waals surface area (Å²) >= 11 is 0. The van der Waals surface area contributed by atoms with Crippen LogP contribution >= 0.6 is 0 Å². The Balaban J connectivity index is 1.22.